The number of halogens is 1. The Kier molecular flexibility index (Phi) is 3.10. The summed E-state index contributed by atoms with van der Waals surface area (Å²) in [5.41, 5.74) is 8.13. The van der Waals surface area contributed by atoms with E-state index < -0.39 is 0 Å². The van der Waals surface area contributed by atoms with Crippen molar-refractivity contribution in [2.45, 2.75) is 0 Å². The Balaban J connectivity index is 2.57. The Morgan fingerprint density at radius 3 is 2.56 bits per heavy atom. The van der Waals surface area contributed by atoms with Crippen molar-refractivity contribution < 1.29 is 4.74 Å². The fourth-order valence-corrected chi connectivity index (χ4v) is 2.01. The monoisotopic (exact) mass is 278 g/mol. The summed E-state index contributed by atoms with van der Waals surface area (Å²) in [4.78, 5) is 4.37. The summed E-state index contributed by atoms with van der Waals surface area (Å²) in [6, 6.07) is 11.7. The van der Waals surface area contributed by atoms with Crippen LogP contribution in [-0.2, 0) is 0 Å². The smallest absolute Gasteiger partial charge is 0.237 e. The van der Waals surface area contributed by atoms with Gasteiger partial charge in [0.05, 0.1) is 18.5 Å². The number of methoxy groups -OCH3 is 1. The molecule has 0 saturated carbocycles. The van der Waals surface area contributed by atoms with Crippen LogP contribution in [0, 0.1) is 0 Å². The minimum Gasteiger partial charge on any atom is -0.480 e. The van der Waals surface area contributed by atoms with Crippen molar-refractivity contribution in [1.82, 2.24) is 4.98 Å². The molecule has 0 saturated heterocycles. The van der Waals surface area contributed by atoms with E-state index in [-0.39, 0.29) is 0 Å². The maximum atomic E-state index is 5.76. The van der Waals surface area contributed by atoms with E-state index in [4.69, 9.17) is 10.5 Å². The van der Waals surface area contributed by atoms with Crippen LogP contribution >= 0.6 is 15.9 Å². The topological polar surface area (TPSA) is 48.1 Å². The molecule has 1 aromatic carbocycles. The first-order chi connectivity index (χ1) is 7.72. The summed E-state index contributed by atoms with van der Waals surface area (Å²) in [6.07, 6.45) is 0. The molecule has 16 heavy (non-hydrogen) atoms. The van der Waals surface area contributed by atoms with Crippen LogP contribution in [-0.4, -0.2) is 12.1 Å². The number of nitrogens with zero attached hydrogens (tertiary/aromatic N) is 1. The standard InChI is InChI=1S/C12H11BrN2O/c1-16-12-10(14)7-9(13)11(15-12)8-5-3-2-4-6-8/h2-7H,14H2,1H3. The molecule has 0 radical (unpaired) electrons. The molecule has 1 aromatic heterocycles. The lowest BCUT2D eigenvalue weighted by molar-refractivity contribution is 0.400. The maximum Gasteiger partial charge on any atom is 0.237 e. The minimum absolute atomic E-state index is 0.446. The third kappa shape index (κ3) is 2.02. The number of nitrogens with two attached hydrogens (primary N) is 1. The van der Waals surface area contributed by atoms with Gasteiger partial charge in [0, 0.05) is 10.0 Å². The number of hydrogen-bond donors (Lipinski definition) is 1. The summed E-state index contributed by atoms with van der Waals surface area (Å²) >= 11 is 3.45. The zero-order chi connectivity index (χ0) is 11.5. The van der Waals surface area contributed by atoms with E-state index in [9.17, 15) is 0 Å². The molecule has 0 aliphatic rings. The fraction of sp³-hybridized carbons (Fsp3) is 0.0833. The van der Waals surface area contributed by atoms with E-state index in [0.29, 0.717) is 11.6 Å². The minimum atomic E-state index is 0.446. The van der Waals surface area contributed by atoms with E-state index in [0.717, 1.165) is 15.7 Å². The molecule has 0 spiro atoms. The Bertz CT molecular complexity index is 500. The van der Waals surface area contributed by atoms with Gasteiger partial charge in [0.15, 0.2) is 0 Å². The van der Waals surface area contributed by atoms with Crippen LogP contribution < -0.4 is 10.5 Å². The van der Waals surface area contributed by atoms with E-state index in [1.165, 1.54) is 0 Å². The van der Waals surface area contributed by atoms with Gasteiger partial charge in [0.25, 0.3) is 0 Å². The largest absolute Gasteiger partial charge is 0.480 e. The molecule has 2 aromatic rings. The Labute approximate surface area is 102 Å². The third-order valence-electron chi connectivity index (χ3n) is 2.21. The first-order valence-electron chi connectivity index (χ1n) is 4.78. The molecule has 2 N–H and O–H groups in total. The van der Waals surface area contributed by atoms with Gasteiger partial charge in [0.1, 0.15) is 0 Å². The van der Waals surface area contributed by atoms with Crippen molar-refractivity contribution in [1.29, 1.82) is 0 Å². The van der Waals surface area contributed by atoms with Crippen LogP contribution in [0.25, 0.3) is 11.3 Å². The SMILES string of the molecule is COc1nc(-c2ccccc2)c(Br)cc1N. The highest BCUT2D eigenvalue weighted by Crippen LogP contribution is 2.32. The van der Waals surface area contributed by atoms with Crippen LogP contribution in [0.5, 0.6) is 5.88 Å². The zero-order valence-electron chi connectivity index (χ0n) is 8.77. The van der Waals surface area contributed by atoms with E-state index in [2.05, 4.69) is 20.9 Å². The number of nitrogen functional groups attached to an aromatic ring is 1. The van der Waals surface area contributed by atoms with Crippen LogP contribution in [0.15, 0.2) is 40.9 Å². The van der Waals surface area contributed by atoms with Crippen molar-refractivity contribution in [3.63, 3.8) is 0 Å². The summed E-state index contributed by atoms with van der Waals surface area (Å²) in [5.74, 6) is 0.446. The average molecular weight is 279 g/mol. The molecule has 2 rings (SSSR count). The Morgan fingerprint density at radius 1 is 1.25 bits per heavy atom. The Hall–Kier alpha value is -1.55. The highest BCUT2D eigenvalue weighted by molar-refractivity contribution is 9.10. The van der Waals surface area contributed by atoms with Gasteiger partial charge in [-0.1, -0.05) is 30.3 Å². The predicted molar refractivity (Wildman–Crippen MR) is 68.3 cm³/mol. The van der Waals surface area contributed by atoms with E-state index in [1.54, 1.807) is 13.2 Å². The average Bonchev–Trinajstić information content (AvgIpc) is 2.30. The molecule has 0 fully saturated rings. The molecule has 0 unspecified atom stereocenters. The molecule has 0 bridgehead atoms. The number of pyridine rings is 1. The summed E-state index contributed by atoms with van der Waals surface area (Å²) in [5, 5.41) is 0. The van der Waals surface area contributed by atoms with Gasteiger partial charge in [0.2, 0.25) is 5.88 Å². The molecule has 4 heteroatoms. The summed E-state index contributed by atoms with van der Waals surface area (Å²) in [6.45, 7) is 0. The maximum absolute atomic E-state index is 5.76. The van der Waals surface area contributed by atoms with Crippen LogP contribution in [0.4, 0.5) is 5.69 Å². The fourth-order valence-electron chi connectivity index (χ4n) is 1.45. The van der Waals surface area contributed by atoms with Gasteiger partial charge < -0.3 is 10.5 Å². The van der Waals surface area contributed by atoms with Crippen molar-refractivity contribution >= 4 is 21.6 Å². The molecule has 1 heterocycles. The molecule has 3 nitrogen and oxygen atoms in total. The number of hydrogen-bond acceptors (Lipinski definition) is 3. The van der Waals surface area contributed by atoms with Gasteiger partial charge in [-0.25, -0.2) is 4.98 Å². The Morgan fingerprint density at radius 2 is 1.94 bits per heavy atom. The lowest BCUT2D eigenvalue weighted by atomic mass is 10.1. The molecular weight excluding hydrogens is 268 g/mol. The number of benzene rings is 1. The van der Waals surface area contributed by atoms with Gasteiger partial charge in [-0.15, -0.1) is 0 Å². The first kappa shape index (κ1) is 11.0. The van der Waals surface area contributed by atoms with Gasteiger partial charge in [-0.2, -0.15) is 0 Å². The van der Waals surface area contributed by atoms with Crippen LogP contribution in [0.2, 0.25) is 0 Å². The van der Waals surface area contributed by atoms with Gasteiger partial charge in [-0.05, 0) is 22.0 Å². The van der Waals surface area contributed by atoms with Crippen molar-refractivity contribution in [2.24, 2.45) is 0 Å². The second-order valence-corrected chi connectivity index (χ2v) is 4.14. The van der Waals surface area contributed by atoms with Crippen LogP contribution in [0.3, 0.4) is 0 Å². The lowest BCUT2D eigenvalue weighted by Crippen LogP contribution is -1.97. The molecular formula is C12H11BrN2O. The zero-order valence-corrected chi connectivity index (χ0v) is 10.4. The lowest BCUT2D eigenvalue weighted by Gasteiger charge is -2.08. The van der Waals surface area contributed by atoms with Gasteiger partial charge >= 0.3 is 0 Å². The molecule has 0 aliphatic carbocycles. The highest BCUT2D eigenvalue weighted by Gasteiger charge is 2.09. The summed E-state index contributed by atoms with van der Waals surface area (Å²) in [7, 11) is 1.56. The van der Waals surface area contributed by atoms with Gasteiger partial charge in [-0.3, -0.25) is 0 Å². The quantitative estimate of drug-likeness (QED) is 0.918. The van der Waals surface area contributed by atoms with E-state index >= 15 is 0 Å². The van der Waals surface area contributed by atoms with Crippen molar-refractivity contribution in [2.75, 3.05) is 12.8 Å². The normalized spacial score (nSPS) is 10.1. The number of ether oxygens (including phenoxy) is 1. The van der Waals surface area contributed by atoms with Crippen LogP contribution in [0.1, 0.15) is 0 Å². The van der Waals surface area contributed by atoms with Crippen molar-refractivity contribution in [3.8, 4) is 17.1 Å². The number of aromatic nitrogens is 1. The second kappa shape index (κ2) is 4.53. The van der Waals surface area contributed by atoms with E-state index in [1.807, 2.05) is 30.3 Å². The number of rotatable bonds is 2. The predicted octanol–water partition coefficient (Wildman–Crippen LogP) is 3.10. The molecule has 82 valence electrons. The third-order valence-corrected chi connectivity index (χ3v) is 2.81. The highest BCUT2D eigenvalue weighted by atomic mass is 79.9. The second-order valence-electron chi connectivity index (χ2n) is 3.28. The van der Waals surface area contributed by atoms with Crippen molar-refractivity contribution in [3.05, 3.63) is 40.9 Å². The molecule has 0 amide bonds. The summed E-state index contributed by atoms with van der Waals surface area (Å²) < 4.78 is 5.96. The molecule has 0 atom stereocenters. The first-order valence-corrected chi connectivity index (χ1v) is 5.57. The molecule has 0 aliphatic heterocycles. The number of anilines is 1.